The summed E-state index contributed by atoms with van der Waals surface area (Å²) in [5, 5.41) is 11.0. The van der Waals surface area contributed by atoms with E-state index in [0.717, 1.165) is 10.4 Å². The van der Waals surface area contributed by atoms with Crippen molar-refractivity contribution in [2.45, 2.75) is 31.2 Å². The van der Waals surface area contributed by atoms with Crippen LogP contribution in [0.3, 0.4) is 0 Å². The van der Waals surface area contributed by atoms with Crippen molar-refractivity contribution in [2.75, 3.05) is 20.7 Å². The van der Waals surface area contributed by atoms with Crippen LogP contribution in [0.15, 0.2) is 23.1 Å². The van der Waals surface area contributed by atoms with E-state index in [1.165, 1.54) is 26.3 Å². The molecule has 23 heavy (non-hydrogen) atoms. The van der Waals surface area contributed by atoms with Gasteiger partial charge in [-0.25, -0.2) is 12.7 Å². The van der Waals surface area contributed by atoms with Crippen LogP contribution in [0.1, 0.15) is 20.3 Å². The van der Waals surface area contributed by atoms with Crippen molar-refractivity contribution in [2.24, 2.45) is 11.7 Å². The maximum atomic E-state index is 12.5. The molecule has 1 atom stereocenters. The van der Waals surface area contributed by atoms with Gasteiger partial charge in [0.05, 0.1) is 16.9 Å². The number of hydrogen-bond acceptors (Lipinski definition) is 6. The van der Waals surface area contributed by atoms with Gasteiger partial charge in [0.15, 0.2) is 5.75 Å². The quantitative estimate of drug-likeness (QED) is 0.565. The molecule has 1 rings (SSSR count). The maximum Gasteiger partial charge on any atom is 0.312 e. The fourth-order valence-corrected chi connectivity index (χ4v) is 3.14. The minimum Gasteiger partial charge on any atom is -0.490 e. The van der Waals surface area contributed by atoms with Crippen molar-refractivity contribution in [3.05, 3.63) is 28.3 Å². The summed E-state index contributed by atoms with van der Waals surface area (Å²) < 4.78 is 31.0. The van der Waals surface area contributed by atoms with Crippen molar-refractivity contribution >= 4 is 15.7 Å². The van der Waals surface area contributed by atoms with Crippen molar-refractivity contribution in [1.82, 2.24) is 4.31 Å². The highest BCUT2D eigenvalue weighted by Crippen LogP contribution is 2.30. The van der Waals surface area contributed by atoms with E-state index in [9.17, 15) is 18.5 Å². The molecule has 0 bridgehead atoms. The summed E-state index contributed by atoms with van der Waals surface area (Å²) in [6.45, 7) is 4.17. The van der Waals surface area contributed by atoms with Crippen LogP contribution in [0.25, 0.3) is 0 Å². The molecule has 130 valence electrons. The zero-order valence-electron chi connectivity index (χ0n) is 13.7. The molecule has 9 heteroatoms. The Morgan fingerprint density at radius 3 is 2.48 bits per heavy atom. The lowest BCUT2D eigenvalue weighted by molar-refractivity contribution is -0.386. The summed E-state index contributed by atoms with van der Waals surface area (Å²) in [5.41, 5.74) is 5.53. The van der Waals surface area contributed by atoms with Gasteiger partial charge < -0.3 is 10.5 Å². The van der Waals surface area contributed by atoms with Crippen LogP contribution in [0.2, 0.25) is 0 Å². The van der Waals surface area contributed by atoms with Crippen LogP contribution in [-0.2, 0) is 10.0 Å². The van der Waals surface area contributed by atoms with Gasteiger partial charge in [-0.05, 0) is 24.5 Å². The van der Waals surface area contributed by atoms with Crippen LogP contribution < -0.4 is 10.5 Å². The molecule has 0 aliphatic heterocycles. The van der Waals surface area contributed by atoms with Crippen LogP contribution in [-0.4, -0.2) is 44.4 Å². The molecule has 0 saturated heterocycles. The molecule has 0 heterocycles. The standard InChI is InChI=1S/C14H23N3O5S/c1-10(2)12(15)7-8-16(3)23(20,21)11-5-6-14(22-4)13(9-11)17(18)19/h5-6,9-10,12H,7-8,15H2,1-4H3. The van der Waals surface area contributed by atoms with Crippen LogP contribution >= 0.6 is 0 Å². The lowest BCUT2D eigenvalue weighted by atomic mass is 10.0. The number of rotatable bonds is 8. The summed E-state index contributed by atoms with van der Waals surface area (Å²) in [6.07, 6.45) is 0.506. The molecule has 1 aromatic carbocycles. The molecule has 0 aliphatic carbocycles. The highest BCUT2D eigenvalue weighted by molar-refractivity contribution is 7.89. The first-order chi connectivity index (χ1) is 10.6. The Hall–Kier alpha value is -1.71. The average Bonchev–Trinajstić information content (AvgIpc) is 2.50. The predicted octanol–water partition coefficient (Wildman–Crippen LogP) is 1.60. The van der Waals surface area contributed by atoms with Gasteiger partial charge in [0, 0.05) is 25.7 Å². The summed E-state index contributed by atoms with van der Waals surface area (Å²) in [6, 6.07) is 3.46. The van der Waals surface area contributed by atoms with Crippen molar-refractivity contribution in [3.8, 4) is 5.75 Å². The Morgan fingerprint density at radius 1 is 1.39 bits per heavy atom. The molecule has 0 radical (unpaired) electrons. The largest absolute Gasteiger partial charge is 0.490 e. The molecule has 2 N–H and O–H groups in total. The number of hydrogen-bond donors (Lipinski definition) is 1. The smallest absolute Gasteiger partial charge is 0.312 e. The second-order valence-corrected chi connectivity index (χ2v) is 7.66. The van der Waals surface area contributed by atoms with E-state index >= 15 is 0 Å². The summed E-state index contributed by atoms with van der Waals surface area (Å²) >= 11 is 0. The Bertz CT molecular complexity index is 660. The van der Waals surface area contributed by atoms with Crippen LogP contribution in [0.5, 0.6) is 5.75 Å². The Labute approximate surface area is 136 Å². The highest BCUT2D eigenvalue weighted by Gasteiger charge is 2.26. The molecule has 0 aromatic heterocycles. The van der Waals surface area contributed by atoms with E-state index in [0.29, 0.717) is 6.42 Å². The van der Waals surface area contributed by atoms with Crippen molar-refractivity contribution in [3.63, 3.8) is 0 Å². The Morgan fingerprint density at radius 2 is 2.00 bits per heavy atom. The monoisotopic (exact) mass is 345 g/mol. The Kier molecular flexibility index (Phi) is 6.48. The number of ether oxygens (including phenoxy) is 1. The van der Waals surface area contributed by atoms with E-state index in [4.69, 9.17) is 10.5 Å². The SMILES string of the molecule is COc1ccc(S(=O)(=O)N(C)CCC(N)C(C)C)cc1[N+](=O)[O-]. The molecule has 0 saturated carbocycles. The van der Waals surface area contributed by atoms with E-state index in [1.54, 1.807) is 0 Å². The van der Waals surface area contributed by atoms with Crippen molar-refractivity contribution in [1.29, 1.82) is 0 Å². The number of nitrogens with two attached hydrogens (primary N) is 1. The van der Waals surface area contributed by atoms with E-state index in [2.05, 4.69) is 0 Å². The minimum absolute atomic E-state index is 0.0124. The molecular weight excluding hydrogens is 322 g/mol. The van der Waals surface area contributed by atoms with E-state index in [1.807, 2.05) is 13.8 Å². The Balaban J connectivity index is 3.04. The lowest BCUT2D eigenvalue weighted by Crippen LogP contribution is -2.34. The van der Waals surface area contributed by atoms with Crippen LogP contribution in [0.4, 0.5) is 5.69 Å². The zero-order chi connectivity index (χ0) is 17.8. The van der Waals surface area contributed by atoms with E-state index in [-0.39, 0.29) is 34.8 Å². The maximum absolute atomic E-state index is 12.5. The van der Waals surface area contributed by atoms with Gasteiger partial charge in [0.25, 0.3) is 0 Å². The lowest BCUT2D eigenvalue weighted by Gasteiger charge is -2.21. The fraction of sp³-hybridized carbons (Fsp3) is 0.571. The van der Waals surface area contributed by atoms with Gasteiger partial charge in [-0.1, -0.05) is 13.8 Å². The summed E-state index contributed by atoms with van der Waals surface area (Å²) in [4.78, 5) is 10.2. The molecule has 0 aliphatic rings. The summed E-state index contributed by atoms with van der Waals surface area (Å²) in [7, 11) is -1.11. The average molecular weight is 345 g/mol. The normalized spacial score (nSPS) is 13.3. The second-order valence-electron chi connectivity index (χ2n) is 5.61. The van der Waals surface area contributed by atoms with E-state index < -0.39 is 14.9 Å². The molecule has 8 nitrogen and oxygen atoms in total. The van der Waals surface area contributed by atoms with Gasteiger partial charge in [-0.2, -0.15) is 0 Å². The van der Waals surface area contributed by atoms with Crippen molar-refractivity contribution < 1.29 is 18.1 Å². The molecular formula is C14H23N3O5S. The van der Waals surface area contributed by atoms with Gasteiger partial charge in [-0.15, -0.1) is 0 Å². The molecule has 1 unspecified atom stereocenters. The number of nitro benzene ring substituents is 1. The highest BCUT2D eigenvalue weighted by atomic mass is 32.2. The molecule has 1 aromatic rings. The number of sulfonamides is 1. The number of benzene rings is 1. The number of nitrogens with zero attached hydrogens (tertiary/aromatic N) is 2. The third kappa shape index (κ3) is 4.63. The fourth-order valence-electron chi connectivity index (χ4n) is 1.94. The zero-order valence-corrected chi connectivity index (χ0v) is 14.5. The molecule has 0 fully saturated rings. The third-order valence-corrected chi connectivity index (χ3v) is 5.54. The first kappa shape index (κ1) is 19.3. The second kappa shape index (κ2) is 7.71. The first-order valence-corrected chi connectivity index (χ1v) is 8.59. The van der Waals surface area contributed by atoms with Gasteiger partial charge in [0.2, 0.25) is 10.0 Å². The van der Waals surface area contributed by atoms with Gasteiger partial charge in [-0.3, -0.25) is 10.1 Å². The summed E-state index contributed by atoms with van der Waals surface area (Å²) in [5.74, 6) is 0.256. The first-order valence-electron chi connectivity index (χ1n) is 7.15. The number of nitro groups is 1. The minimum atomic E-state index is -3.82. The molecule has 0 amide bonds. The van der Waals surface area contributed by atoms with Crippen LogP contribution in [0, 0.1) is 16.0 Å². The van der Waals surface area contributed by atoms with Gasteiger partial charge in [0.1, 0.15) is 0 Å². The third-order valence-electron chi connectivity index (χ3n) is 3.69. The molecule has 0 spiro atoms. The van der Waals surface area contributed by atoms with Gasteiger partial charge >= 0.3 is 5.69 Å². The topological polar surface area (TPSA) is 116 Å². The predicted molar refractivity (Wildman–Crippen MR) is 86.9 cm³/mol. The number of methoxy groups -OCH3 is 1.